The first kappa shape index (κ1) is 17.7. The highest BCUT2D eigenvalue weighted by molar-refractivity contribution is 6.33. The quantitative estimate of drug-likeness (QED) is 0.632. The zero-order valence-corrected chi connectivity index (χ0v) is 14.9. The van der Waals surface area contributed by atoms with E-state index in [2.05, 4.69) is 20.3 Å². The summed E-state index contributed by atoms with van der Waals surface area (Å²) in [5, 5.41) is 2.99. The van der Waals surface area contributed by atoms with Gasteiger partial charge in [0.15, 0.2) is 22.3 Å². The number of rotatable bonds is 6. The summed E-state index contributed by atoms with van der Waals surface area (Å²) in [6.45, 7) is 0.363. The van der Waals surface area contributed by atoms with Crippen molar-refractivity contribution in [2.75, 3.05) is 25.3 Å². The number of carbonyl (C=O) groups excluding carboxylic acids is 1. The number of amides is 1. The fourth-order valence-corrected chi connectivity index (χ4v) is 2.67. The number of hydrogen-bond acceptors (Lipinski definition) is 7. The van der Waals surface area contributed by atoms with E-state index in [0.29, 0.717) is 34.9 Å². The van der Waals surface area contributed by atoms with E-state index in [1.54, 1.807) is 36.2 Å². The molecule has 0 saturated heterocycles. The number of aryl methyl sites for hydroxylation is 1. The molecule has 2 aromatic heterocycles. The van der Waals surface area contributed by atoms with E-state index in [1.807, 2.05) is 0 Å². The summed E-state index contributed by atoms with van der Waals surface area (Å²) in [5.41, 5.74) is 7.15. The third kappa shape index (κ3) is 3.62. The van der Waals surface area contributed by atoms with Gasteiger partial charge in [0.1, 0.15) is 5.52 Å². The van der Waals surface area contributed by atoms with Crippen LogP contribution in [-0.4, -0.2) is 39.6 Å². The maximum absolute atomic E-state index is 12.2. The van der Waals surface area contributed by atoms with Gasteiger partial charge in [0.25, 0.3) is 0 Å². The molecule has 1 amide bonds. The van der Waals surface area contributed by atoms with Crippen LogP contribution in [0.1, 0.15) is 6.42 Å². The molecule has 3 N–H and O–H groups in total. The fourth-order valence-electron chi connectivity index (χ4n) is 2.45. The van der Waals surface area contributed by atoms with Crippen LogP contribution in [0.25, 0.3) is 11.2 Å². The molecule has 0 radical (unpaired) electrons. The van der Waals surface area contributed by atoms with Crippen molar-refractivity contribution in [3.8, 4) is 11.5 Å². The molecule has 9 nitrogen and oxygen atoms in total. The van der Waals surface area contributed by atoms with Gasteiger partial charge in [-0.3, -0.25) is 4.79 Å². The maximum atomic E-state index is 12.2. The molecule has 0 aliphatic rings. The predicted octanol–water partition coefficient (Wildman–Crippen LogP) is 2.11. The SMILES string of the molecule is COc1ccc(NC(=O)CCn2cnc3c(Cl)nc(N)nc32)cc1OC. The van der Waals surface area contributed by atoms with Crippen molar-refractivity contribution in [2.45, 2.75) is 13.0 Å². The topological polar surface area (TPSA) is 117 Å². The van der Waals surface area contributed by atoms with Crippen molar-refractivity contribution in [3.63, 3.8) is 0 Å². The van der Waals surface area contributed by atoms with Gasteiger partial charge >= 0.3 is 0 Å². The third-order valence-corrected chi connectivity index (χ3v) is 3.95. The number of ether oxygens (including phenoxy) is 2. The number of nitrogens with one attached hydrogen (secondary N) is 1. The van der Waals surface area contributed by atoms with Crippen molar-refractivity contribution in [2.24, 2.45) is 0 Å². The molecule has 0 unspecified atom stereocenters. The Morgan fingerprint density at radius 2 is 2.04 bits per heavy atom. The monoisotopic (exact) mass is 376 g/mol. The molecule has 0 spiro atoms. The summed E-state index contributed by atoms with van der Waals surface area (Å²) in [6, 6.07) is 5.15. The van der Waals surface area contributed by atoms with Crippen molar-refractivity contribution in [3.05, 3.63) is 29.7 Å². The van der Waals surface area contributed by atoms with Crippen LogP contribution >= 0.6 is 11.6 Å². The van der Waals surface area contributed by atoms with Gasteiger partial charge < -0.3 is 25.1 Å². The number of nitrogens with two attached hydrogens (primary N) is 1. The molecular formula is C16H17ClN6O3. The molecule has 1 aromatic carbocycles. The number of fused-ring (bicyclic) bond motifs is 1. The van der Waals surface area contributed by atoms with Crippen LogP contribution in [0.2, 0.25) is 5.15 Å². The second-order valence-electron chi connectivity index (χ2n) is 5.35. The molecule has 0 atom stereocenters. The van der Waals surface area contributed by atoms with E-state index < -0.39 is 0 Å². The lowest BCUT2D eigenvalue weighted by Crippen LogP contribution is -2.14. The minimum atomic E-state index is -0.174. The highest BCUT2D eigenvalue weighted by Gasteiger charge is 2.12. The number of halogens is 1. The number of imidazole rings is 1. The highest BCUT2D eigenvalue weighted by atomic mass is 35.5. The van der Waals surface area contributed by atoms with Crippen molar-refractivity contribution < 1.29 is 14.3 Å². The van der Waals surface area contributed by atoms with E-state index in [1.165, 1.54) is 7.11 Å². The van der Waals surface area contributed by atoms with Crippen LogP contribution in [0.5, 0.6) is 11.5 Å². The Morgan fingerprint density at radius 3 is 2.77 bits per heavy atom. The van der Waals surface area contributed by atoms with Crippen LogP contribution in [0, 0.1) is 0 Å². The second-order valence-corrected chi connectivity index (χ2v) is 5.71. The average molecular weight is 377 g/mol. The van der Waals surface area contributed by atoms with Gasteiger partial charge in [-0.1, -0.05) is 11.6 Å². The summed E-state index contributed by atoms with van der Waals surface area (Å²) in [7, 11) is 3.08. The number of hydrogen-bond donors (Lipinski definition) is 2. The standard InChI is InChI=1S/C16H17ClN6O3/c1-25-10-4-3-9(7-11(10)26-2)20-12(24)5-6-23-8-19-13-14(17)21-16(18)22-15(13)23/h3-4,7-8H,5-6H2,1-2H3,(H,20,24)(H2,18,21,22). The van der Waals surface area contributed by atoms with Crippen molar-refractivity contribution >= 4 is 40.3 Å². The molecule has 10 heteroatoms. The molecular weight excluding hydrogens is 360 g/mol. The Hall–Kier alpha value is -3.07. The van der Waals surface area contributed by atoms with E-state index in [0.717, 1.165) is 0 Å². The molecule has 0 bridgehead atoms. The molecule has 3 rings (SSSR count). The fraction of sp³-hybridized carbons (Fsp3) is 0.250. The minimum Gasteiger partial charge on any atom is -0.493 e. The number of carbonyl (C=O) groups is 1. The highest BCUT2D eigenvalue weighted by Crippen LogP contribution is 2.29. The lowest BCUT2D eigenvalue weighted by atomic mass is 10.2. The van der Waals surface area contributed by atoms with Crippen LogP contribution in [0.15, 0.2) is 24.5 Å². The van der Waals surface area contributed by atoms with Crippen LogP contribution in [0.4, 0.5) is 11.6 Å². The second kappa shape index (κ2) is 7.44. The van der Waals surface area contributed by atoms with Gasteiger partial charge in [0.05, 0.1) is 20.5 Å². The molecule has 2 heterocycles. The molecule has 0 aliphatic carbocycles. The van der Waals surface area contributed by atoms with Gasteiger partial charge in [-0.05, 0) is 12.1 Å². The predicted molar refractivity (Wildman–Crippen MR) is 97.5 cm³/mol. The zero-order valence-electron chi connectivity index (χ0n) is 14.2. The third-order valence-electron chi connectivity index (χ3n) is 3.69. The Morgan fingerprint density at radius 1 is 1.27 bits per heavy atom. The first-order valence-corrected chi connectivity index (χ1v) is 8.05. The molecule has 0 saturated carbocycles. The van der Waals surface area contributed by atoms with E-state index in [-0.39, 0.29) is 23.4 Å². The van der Waals surface area contributed by atoms with E-state index in [4.69, 9.17) is 26.8 Å². The van der Waals surface area contributed by atoms with Gasteiger partial charge in [0.2, 0.25) is 11.9 Å². The van der Waals surface area contributed by atoms with Gasteiger partial charge in [-0.15, -0.1) is 0 Å². The van der Waals surface area contributed by atoms with Gasteiger partial charge in [-0.2, -0.15) is 9.97 Å². The average Bonchev–Trinajstić information content (AvgIpc) is 3.03. The molecule has 26 heavy (non-hydrogen) atoms. The Kier molecular flexibility index (Phi) is 5.08. The Balaban J connectivity index is 1.68. The minimum absolute atomic E-state index is 0.0547. The first-order chi connectivity index (χ1) is 12.5. The van der Waals surface area contributed by atoms with E-state index in [9.17, 15) is 4.79 Å². The Labute approximate surface area is 154 Å². The number of nitrogen functional groups attached to an aromatic ring is 1. The molecule has 0 fully saturated rings. The lowest BCUT2D eigenvalue weighted by molar-refractivity contribution is -0.116. The number of nitrogens with zero attached hydrogens (tertiary/aromatic N) is 4. The smallest absolute Gasteiger partial charge is 0.226 e. The molecule has 3 aromatic rings. The summed E-state index contributed by atoms with van der Waals surface area (Å²) in [4.78, 5) is 24.4. The summed E-state index contributed by atoms with van der Waals surface area (Å²) >= 11 is 5.99. The zero-order chi connectivity index (χ0) is 18.7. The Bertz CT molecular complexity index is 959. The van der Waals surface area contributed by atoms with Crippen molar-refractivity contribution in [1.29, 1.82) is 0 Å². The van der Waals surface area contributed by atoms with Crippen molar-refractivity contribution in [1.82, 2.24) is 19.5 Å². The number of anilines is 2. The normalized spacial score (nSPS) is 10.7. The summed E-state index contributed by atoms with van der Waals surface area (Å²) in [5.74, 6) is 1.00. The molecule has 0 aliphatic heterocycles. The van der Waals surface area contributed by atoms with Crippen LogP contribution in [0.3, 0.4) is 0 Å². The number of methoxy groups -OCH3 is 2. The summed E-state index contributed by atoms with van der Waals surface area (Å²) < 4.78 is 12.1. The number of aromatic nitrogens is 4. The van der Waals surface area contributed by atoms with E-state index >= 15 is 0 Å². The van der Waals surface area contributed by atoms with Gasteiger partial charge in [-0.25, -0.2) is 4.98 Å². The molecule has 136 valence electrons. The largest absolute Gasteiger partial charge is 0.493 e. The lowest BCUT2D eigenvalue weighted by Gasteiger charge is -2.11. The maximum Gasteiger partial charge on any atom is 0.226 e. The number of benzene rings is 1. The summed E-state index contributed by atoms with van der Waals surface area (Å²) in [6.07, 6.45) is 1.76. The van der Waals surface area contributed by atoms with Crippen LogP contribution in [-0.2, 0) is 11.3 Å². The van der Waals surface area contributed by atoms with Gasteiger partial charge in [0, 0.05) is 24.7 Å². The van der Waals surface area contributed by atoms with Crippen LogP contribution < -0.4 is 20.5 Å². The first-order valence-electron chi connectivity index (χ1n) is 7.67.